The van der Waals surface area contributed by atoms with Gasteiger partial charge in [-0.15, -0.1) is 0 Å². The molecule has 2 heterocycles. The van der Waals surface area contributed by atoms with Crippen LogP contribution in [0, 0.1) is 11.8 Å². The first-order valence-electron chi connectivity index (χ1n) is 6.83. The fraction of sp³-hybridized carbons (Fsp3) is 0.846. The second-order valence-corrected chi connectivity index (χ2v) is 5.52. The second kappa shape index (κ2) is 6.15. The topological polar surface area (TPSA) is 42.7 Å². The van der Waals surface area contributed by atoms with Crippen LogP contribution in [-0.4, -0.2) is 27.9 Å². The third-order valence-corrected chi connectivity index (χ3v) is 3.35. The molecule has 1 aromatic heterocycles. The summed E-state index contributed by atoms with van der Waals surface area (Å²) < 4.78 is 2.08. The Morgan fingerprint density at radius 2 is 2.35 bits per heavy atom. The van der Waals surface area contributed by atoms with Crippen LogP contribution in [0.25, 0.3) is 0 Å². The first-order chi connectivity index (χ1) is 8.25. The molecule has 0 spiro atoms. The van der Waals surface area contributed by atoms with Crippen molar-refractivity contribution < 1.29 is 0 Å². The van der Waals surface area contributed by atoms with Crippen molar-refractivity contribution in [2.75, 3.05) is 13.1 Å². The number of nitrogens with zero attached hydrogens (tertiary/aromatic N) is 3. The van der Waals surface area contributed by atoms with Gasteiger partial charge in [0, 0.05) is 13.0 Å². The summed E-state index contributed by atoms with van der Waals surface area (Å²) in [5.41, 5.74) is 0. The quantitative estimate of drug-likeness (QED) is 0.868. The van der Waals surface area contributed by atoms with Gasteiger partial charge in [0.1, 0.15) is 12.2 Å². The minimum absolute atomic E-state index is 0.628. The summed E-state index contributed by atoms with van der Waals surface area (Å²) >= 11 is 0. The van der Waals surface area contributed by atoms with Crippen molar-refractivity contribution in [2.24, 2.45) is 11.8 Å². The molecule has 1 aromatic rings. The van der Waals surface area contributed by atoms with Gasteiger partial charge in [-0.25, -0.2) is 9.67 Å². The number of rotatable bonds is 4. The lowest BCUT2D eigenvalue weighted by Crippen LogP contribution is -2.23. The molecule has 0 radical (unpaired) electrons. The molecule has 1 fully saturated rings. The molecule has 4 heteroatoms. The van der Waals surface area contributed by atoms with Gasteiger partial charge < -0.3 is 5.32 Å². The molecule has 0 bridgehead atoms. The smallest absolute Gasteiger partial charge is 0.138 e. The fourth-order valence-corrected chi connectivity index (χ4v) is 2.47. The molecule has 17 heavy (non-hydrogen) atoms. The Morgan fingerprint density at radius 3 is 3.18 bits per heavy atom. The lowest BCUT2D eigenvalue weighted by atomic mass is 9.99. The van der Waals surface area contributed by atoms with E-state index in [2.05, 4.69) is 33.9 Å². The predicted octanol–water partition coefficient (Wildman–Crippen LogP) is 1.87. The Labute approximate surface area is 104 Å². The molecule has 1 aliphatic heterocycles. The summed E-state index contributed by atoms with van der Waals surface area (Å²) in [5, 5.41) is 7.84. The zero-order chi connectivity index (χ0) is 12.1. The molecule has 1 unspecified atom stereocenters. The van der Waals surface area contributed by atoms with Gasteiger partial charge in [0.2, 0.25) is 0 Å². The van der Waals surface area contributed by atoms with Crippen LogP contribution in [0.5, 0.6) is 0 Å². The Morgan fingerprint density at radius 1 is 1.47 bits per heavy atom. The Kier molecular flexibility index (Phi) is 4.54. The average molecular weight is 236 g/mol. The maximum atomic E-state index is 4.42. The Hall–Kier alpha value is -0.900. The zero-order valence-corrected chi connectivity index (χ0v) is 11.0. The summed E-state index contributed by atoms with van der Waals surface area (Å²) in [6.45, 7) is 7.73. The monoisotopic (exact) mass is 236 g/mol. The lowest BCUT2D eigenvalue weighted by molar-refractivity contribution is 0.422. The minimum Gasteiger partial charge on any atom is -0.316 e. The molecule has 1 aliphatic rings. The van der Waals surface area contributed by atoms with Crippen LogP contribution >= 0.6 is 0 Å². The van der Waals surface area contributed by atoms with Gasteiger partial charge in [0.15, 0.2) is 0 Å². The number of aromatic nitrogens is 3. The van der Waals surface area contributed by atoms with E-state index in [1.165, 1.54) is 25.8 Å². The molecule has 0 amide bonds. The van der Waals surface area contributed by atoms with E-state index in [0.29, 0.717) is 5.92 Å². The Bertz CT molecular complexity index is 324. The van der Waals surface area contributed by atoms with E-state index in [-0.39, 0.29) is 0 Å². The maximum absolute atomic E-state index is 4.42. The van der Waals surface area contributed by atoms with Gasteiger partial charge >= 0.3 is 0 Å². The SMILES string of the molecule is CC(C)Cn1ncnc1CC1CCCCNC1. The van der Waals surface area contributed by atoms with Crippen molar-refractivity contribution in [3.63, 3.8) is 0 Å². The summed E-state index contributed by atoms with van der Waals surface area (Å²) in [6.07, 6.45) is 6.74. The molecule has 2 rings (SSSR count). The number of nitrogens with one attached hydrogen (secondary N) is 1. The van der Waals surface area contributed by atoms with E-state index in [9.17, 15) is 0 Å². The standard InChI is InChI=1S/C13H24N4/c1-11(2)9-17-13(15-10-16-17)7-12-5-3-4-6-14-8-12/h10-12,14H,3-9H2,1-2H3. The van der Waals surface area contributed by atoms with Crippen molar-refractivity contribution in [1.82, 2.24) is 20.1 Å². The first-order valence-corrected chi connectivity index (χ1v) is 6.83. The van der Waals surface area contributed by atoms with Crippen molar-refractivity contribution in [3.05, 3.63) is 12.2 Å². The van der Waals surface area contributed by atoms with Gasteiger partial charge in [0.25, 0.3) is 0 Å². The average Bonchev–Trinajstić information content (AvgIpc) is 2.55. The third-order valence-electron chi connectivity index (χ3n) is 3.35. The molecule has 4 nitrogen and oxygen atoms in total. The molecule has 1 N–H and O–H groups in total. The van der Waals surface area contributed by atoms with Gasteiger partial charge in [-0.2, -0.15) is 5.10 Å². The summed E-state index contributed by atoms with van der Waals surface area (Å²) in [5.74, 6) is 2.52. The highest BCUT2D eigenvalue weighted by molar-refractivity contribution is 4.89. The minimum atomic E-state index is 0.628. The molecule has 0 aliphatic carbocycles. The molecule has 0 saturated carbocycles. The van der Waals surface area contributed by atoms with E-state index >= 15 is 0 Å². The van der Waals surface area contributed by atoms with Crippen molar-refractivity contribution >= 4 is 0 Å². The largest absolute Gasteiger partial charge is 0.316 e. The van der Waals surface area contributed by atoms with Gasteiger partial charge in [-0.3, -0.25) is 0 Å². The van der Waals surface area contributed by atoms with E-state index < -0.39 is 0 Å². The lowest BCUT2D eigenvalue weighted by Gasteiger charge is -2.15. The zero-order valence-electron chi connectivity index (χ0n) is 11.0. The van der Waals surface area contributed by atoms with Crippen LogP contribution in [0.2, 0.25) is 0 Å². The molecular weight excluding hydrogens is 212 g/mol. The molecule has 1 atom stereocenters. The van der Waals surface area contributed by atoms with E-state index in [1.807, 2.05) is 0 Å². The highest BCUT2D eigenvalue weighted by Gasteiger charge is 2.16. The highest BCUT2D eigenvalue weighted by Crippen LogP contribution is 2.16. The summed E-state index contributed by atoms with van der Waals surface area (Å²) in [7, 11) is 0. The van der Waals surface area contributed by atoms with E-state index in [0.717, 1.165) is 31.3 Å². The van der Waals surface area contributed by atoms with E-state index in [1.54, 1.807) is 6.33 Å². The number of hydrogen-bond donors (Lipinski definition) is 1. The normalized spacial score (nSPS) is 21.7. The van der Waals surface area contributed by atoms with Crippen molar-refractivity contribution in [2.45, 2.75) is 46.1 Å². The maximum Gasteiger partial charge on any atom is 0.138 e. The van der Waals surface area contributed by atoms with Gasteiger partial charge in [0.05, 0.1) is 0 Å². The summed E-state index contributed by atoms with van der Waals surface area (Å²) in [4.78, 5) is 4.42. The van der Waals surface area contributed by atoms with Crippen molar-refractivity contribution in [3.8, 4) is 0 Å². The second-order valence-electron chi connectivity index (χ2n) is 5.52. The van der Waals surface area contributed by atoms with Crippen LogP contribution in [0.1, 0.15) is 38.9 Å². The van der Waals surface area contributed by atoms with Gasteiger partial charge in [-0.05, 0) is 37.8 Å². The van der Waals surface area contributed by atoms with Crippen LogP contribution < -0.4 is 5.32 Å². The van der Waals surface area contributed by atoms with Crippen LogP contribution in [0.3, 0.4) is 0 Å². The predicted molar refractivity (Wildman–Crippen MR) is 68.8 cm³/mol. The molecular formula is C13H24N4. The van der Waals surface area contributed by atoms with Crippen LogP contribution in [0.15, 0.2) is 6.33 Å². The third kappa shape index (κ3) is 3.80. The highest BCUT2D eigenvalue weighted by atomic mass is 15.3. The molecule has 96 valence electrons. The van der Waals surface area contributed by atoms with Gasteiger partial charge in [-0.1, -0.05) is 20.3 Å². The van der Waals surface area contributed by atoms with Crippen LogP contribution in [0.4, 0.5) is 0 Å². The van der Waals surface area contributed by atoms with Crippen molar-refractivity contribution in [1.29, 1.82) is 0 Å². The molecule has 1 saturated heterocycles. The summed E-state index contributed by atoms with van der Waals surface area (Å²) in [6, 6.07) is 0. The Balaban J connectivity index is 1.94. The van der Waals surface area contributed by atoms with Crippen LogP contribution in [-0.2, 0) is 13.0 Å². The first kappa shape index (κ1) is 12.6. The fourth-order valence-electron chi connectivity index (χ4n) is 2.47. The van der Waals surface area contributed by atoms with E-state index in [4.69, 9.17) is 0 Å². The number of hydrogen-bond acceptors (Lipinski definition) is 3. The molecule has 0 aromatic carbocycles.